The molecule has 0 heterocycles. The van der Waals surface area contributed by atoms with Crippen LogP contribution in [0.3, 0.4) is 0 Å². The minimum atomic E-state index is -2.57. The van der Waals surface area contributed by atoms with Gasteiger partial charge in [-0.25, -0.2) is 0 Å². The van der Waals surface area contributed by atoms with Gasteiger partial charge in [-0.05, 0) is 52.1 Å². The molecule has 0 amide bonds. The van der Waals surface area contributed by atoms with Crippen LogP contribution in [0.15, 0.2) is 47.4 Å². The Morgan fingerprint density at radius 3 is 1.83 bits per heavy atom. The topological polar surface area (TPSA) is 27.7 Å². The molecule has 0 fully saturated rings. The Balaban J connectivity index is 3.13. The molecule has 0 aromatic heterocycles. The molecule has 0 radical (unpaired) electrons. The van der Waals surface area contributed by atoms with Gasteiger partial charge in [0.2, 0.25) is 0 Å². The summed E-state index contributed by atoms with van der Waals surface area (Å²) in [7, 11) is -5.64. The minimum Gasteiger partial charge on any atom is -0.374 e. The van der Waals surface area contributed by atoms with Gasteiger partial charge < -0.3 is 13.3 Å². The summed E-state index contributed by atoms with van der Waals surface area (Å²) in [5, 5.41) is 3.43. The molecule has 0 aromatic carbocycles. The standard InChI is InChI=1S/C24H46O3Si3/c1-10-19-28(6,7)23-18-17-22(24(23)29(8,9)20-11-2)16-15-21-30(25-12-3,26-13-4)27-14-5/h10-11,18H,1-2,12-17,19-21H2,3-9H3. The van der Waals surface area contributed by atoms with Crippen LogP contribution in [-0.2, 0) is 13.3 Å². The van der Waals surface area contributed by atoms with E-state index in [9.17, 15) is 0 Å². The van der Waals surface area contributed by atoms with Crippen molar-refractivity contribution in [2.75, 3.05) is 19.8 Å². The van der Waals surface area contributed by atoms with Crippen LogP contribution in [0.25, 0.3) is 0 Å². The molecule has 3 nitrogen and oxygen atoms in total. The maximum absolute atomic E-state index is 6.07. The predicted molar refractivity (Wildman–Crippen MR) is 139 cm³/mol. The third-order valence-corrected chi connectivity index (χ3v) is 15.9. The van der Waals surface area contributed by atoms with Gasteiger partial charge in [0.1, 0.15) is 0 Å². The van der Waals surface area contributed by atoms with Gasteiger partial charge in [0.05, 0.1) is 16.1 Å². The lowest BCUT2D eigenvalue weighted by molar-refractivity contribution is 0.0708. The van der Waals surface area contributed by atoms with Gasteiger partial charge in [-0.1, -0.05) is 60.4 Å². The highest BCUT2D eigenvalue weighted by Crippen LogP contribution is 2.43. The van der Waals surface area contributed by atoms with E-state index in [2.05, 4.69) is 57.6 Å². The van der Waals surface area contributed by atoms with E-state index in [0.29, 0.717) is 19.8 Å². The van der Waals surface area contributed by atoms with E-state index < -0.39 is 25.0 Å². The molecule has 1 aliphatic carbocycles. The van der Waals surface area contributed by atoms with E-state index in [1.807, 2.05) is 20.8 Å². The molecular weight excluding hydrogens is 421 g/mol. The van der Waals surface area contributed by atoms with E-state index in [1.54, 1.807) is 16.0 Å². The molecule has 0 bridgehead atoms. The molecule has 30 heavy (non-hydrogen) atoms. The monoisotopic (exact) mass is 466 g/mol. The summed E-state index contributed by atoms with van der Waals surface area (Å²) in [6, 6.07) is 3.17. The van der Waals surface area contributed by atoms with Gasteiger partial charge in [0.25, 0.3) is 0 Å². The van der Waals surface area contributed by atoms with Gasteiger partial charge in [-0.15, -0.1) is 13.2 Å². The van der Waals surface area contributed by atoms with Crippen LogP contribution < -0.4 is 0 Å². The van der Waals surface area contributed by atoms with Crippen molar-refractivity contribution in [1.29, 1.82) is 0 Å². The summed E-state index contributed by atoms with van der Waals surface area (Å²) in [6.07, 6.45) is 10.1. The van der Waals surface area contributed by atoms with Gasteiger partial charge in [0, 0.05) is 25.9 Å². The maximum Gasteiger partial charge on any atom is 0.500 e. The molecule has 0 saturated heterocycles. The maximum atomic E-state index is 6.07. The average molecular weight is 467 g/mol. The smallest absolute Gasteiger partial charge is 0.374 e. The number of hydrogen-bond acceptors (Lipinski definition) is 3. The highest BCUT2D eigenvalue weighted by atomic mass is 28.4. The number of allylic oxidation sites excluding steroid dienone is 6. The van der Waals surface area contributed by atoms with Crippen LogP contribution in [0, 0.1) is 0 Å². The fraction of sp³-hybridized carbons (Fsp3) is 0.667. The Morgan fingerprint density at radius 2 is 1.37 bits per heavy atom. The Morgan fingerprint density at radius 1 is 0.867 bits per heavy atom. The summed E-state index contributed by atoms with van der Waals surface area (Å²) < 4.78 is 18.2. The van der Waals surface area contributed by atoms with Crippen LogP contribution in [0.4, 0.5) is 0 Å². The third kappa shape index (κ3) is 7.28. The summed E-state index contributed by atoms with van der Waals surface area (Å²) in [5.41, 5.74) is 1.65. The fourth-order valence-corrected chi connectivity index (χ4v) is 14.8. The van der Waals surface area contributed by atoms with Crippen molar-refractivity contribution < 1.29 is 13.3 Å². The van der Waals surface area contributed by atoms with Crippen LogP contribution in [0.5, 0.6) is 0 Å². The highest BCUT2D eigenvalue weighted by molar-refractivity contribution is 6.93. The second kappa shape index (κ2) is 12.5. The summed E-state index contributed by atoms with van der Waals surface area (Å²) in [4.78, 5) is 0. The van der Waals surface area contributed by atoms with Crippen molar-refractivity contribution in [2.24, 2.45) is 0 Å². The zero-order valence-electron chi connectivity index (χ0n) is 20.7. The first-order valence-corrected chi connectivity index (χ1v) is 20.0. The number of rotatable bonds is 16. The quantitative estimate of drug-likeness (QED) is 0.176. The lowest BCUT2D eigenvalue weighted by Gasteiger charge is -2.34. The van der Waals surface area contributed by atoms with E-state index in [4.69, 9.17) is 13.3 Å². The van der Waals surface area contributed by atoms with E-state index in [0.717, 1.165) is 37.4 Å². The molecule has 0 saturated carbocycles. The Hall–Kier alpha value is -0.509. The van der Waals surface area contributed by atoms with Gasteiger partial charge in [-0.2, -0.15) is 0 Å². The van der Waals surface area contributed by atoms with E-state index in [1.165, 1.54) is 0 Å². The zero-order chi connectivity index (χ0) is 22.8. The molecule has 0 unspecified atom stereocenters. The van der Waals surface area contributed by atoms with Gasteiger partial charge >= 0.3 is 8.80 Å². The van der Waals surface area contributed by atoms with Crippen molar-refractivity contribution in [1.82, 2.24) is 0 Å². The first kappa shape index (κ1) is 27.5. The second-order valence-electron chi connectivity index (χ2n) is 9.39. The molecule has 0 spiro atoms. The fourth-order valence-electron chi connectivity index (χ4n) is 4.76. The first-order chi connectivity index (χ1) is 14.1. The van der Waals surface area contributed by atoms with Crippen LogP contribution in [0.2, 0.25) is 44.3 Å². The average Bonchev–Trinajstić information content (AvgIpc) is 3.08. The molecule has 0 aliphatic heterocycles. The molecular formula is C24H46O3Si3. The molecule has 6 heteroatoms. The molecule has 0 N–H and O–H groups in total. The Labute approximate surface area is 189 Å². The zero-order valence-corrected chi connectivity index (χ0v) is 23.7. The largest absolute Gasteiger partial charge is 0.500 e. The lowest BCUT2D eigenvalue weighted by atomic mass is 10.1. The SMILES string of the molecule is C=CC[Si](C)(C)C1=CCC(CCC[Si](OCC)(OCC)OCC)=C1[Si](C)(C)CC=C. The van der Waals surface area contributed by atoms with Crippen molar-refractivity contribution in [3.8, 4) is 0 Å². The first-order valence-electron chi connectivity index (χ1n) is 11.7. The normalized spacial score (nSPS) is 15.5. The van der Waals surface area contributed by atoms with E-state index in [-0.39, 0.29) is 0 Å². The molecule has 0 aromatic rings. The second-order valence-corrected chi connectivity index (χ2v) is 21.5. The minimum absolute atomic E-state index is 0.645. The van der Waals surface area contributed by atoms with Crippen molar-refractivity contribution in [3.05, 3.63) is 47.4 Å². The molecule has 1 rings (SSSR count). The van der Waals surface area contributed by atoms with Crippen molar-refractivity contribution >= 4 is 25.0 Å². The summed E-state index contributed by atoms with van der Waals surface area (Å²) in [6.45, 7) is 26.2. The van der Waals surface area contributed by atoms with Crippen molar-refractivity contribution in [3.63, 3.8) is 0 Å². The third-order valence-electron chi connectivity index (χ3n) is 5.94. The Bertz CT molecular complexity index is 619. The highest BCUT2D eigenvalue weighted by Gasteiger charge is 2.41. The van der Waals surface area contributed by atoms with Crippen LogP contribution in [-0.4, -0.2) is 44.8 Å². The van der Waals surface area contributed by atoms with E-state index >= 15 is 0 Å². The number of hydrogen-bond donors (Lipinski definition) is 0. The van der Waals surface area contributed by atoms with Gasteiger partial charge in [-0.3, -0.25) is 0 Å². The van der Waals surface area contributed by atoms with Crippen LogP contribution >= 0.6 is 0 Å². The summed E-state index contributed by atoms with van der Waals surface area (Å²) >= 11 is 0. The lowest BCUT2D eigenvalue weighted by Crippen LogP contribution is -2.45. The van der Waals surface area contributed by atoms with Crippen molar-refractivity contribution in [2.45, 2.75) is 84.4 Å². The van der Waals surface area contributed by atoms with Gasteiger partial charge in [0.15, 0.2) is 0 Å². The molecule has 172 valence electrons. The predicted octanol–water partition coefficient (Wildman–Crippen LogP) is 7.31. The van der Waals surface area contributed by atoms with Crippen LogP contribution in [0.1, 0.15) is 40.0 Å². The summed E-state index contributed by atoms with van der Waals surface area (Å²) in [5.74, 6) is 0. The Kier molecular flexibility index (Phi) is 11.5. The molecule has 1 aliphatic rings. The molecule has 0 atom stereocenters.